The second-order valence-electron chi connectivity index (χ2n) is 6.24. The lowest BCUT2D eigenvalue weighted by atomic mass is 9.99. The first-order valence-electron chi connectivity index (χ1n) is 8.50. The van der Waals surface area contributed by atoms with Crippen molar-refractivity contribution in [1.82, 2.24) is 0 Å². The molecule has 0 bridgehead atoms. The molecule has 2 atom stereocenters. The lowest BCUT2D eigenvalue weighted by Crippen LogP contribution is -2.39. The quantitative estimate of drug-likeness (QED) is 0.449. The normalized spacial score (nSPS) is 16.2. The summed E-state index contributed by atoms with van der Waals surface area (Å²) in [5.74, 6) is -2.19. The molecule has 3 rings (SSSR count). The van der Waals surface area contributed by atoms with Crippen molar-refractivity contribution in [3.63, 3.8) is 0 Å². The van der Waals surface area contributed by atoms with Crippen molar-refractivity contribution in [2.75, 3.05) is 5.32 Å². The first kappa shape index (κ1) is 20.3. The number of ether oxygens (including phenoxy) is 2. The van der Waals surface area contributed by atoms with Crippen LogP contribution in [-0.2, 0) is 25.5 Å². The number of benzene rings is 2. The molecule has 2 aromatic carbocycles. The maximum absolute atomic E-state index is 12.3. The van der Waals surface area contributed by atoms with Crippen LogP contribution in [0.3, 0.4) is 0 Å². The lowest BCUT2D eigenvalue weighted by molar-refractivity contribution is -0.384. The van der Waals surface area contributed by atoms with E-state index in [9.17, 15) is 24.5 Å². The van der Waals surface area contributed by atoms with Gasteiger partial charge in [-0.05, 0) is 24.6 Å². The summed E-state index contributed by atoms with van der Waals surface area (Å²) < 4.78 is 10.2. The second-order valence-corrected chi connectivity index (χ2v) is 6.65. The van der Waals surface area contributed by atoms with Crippen molar-refractivity contribution < 1.29 is 28.8 Å². The van der Waals surface area contributed by atoms with Crippen molar-refractivity contribution in [3.8, 4) is 0 Å². The Morgan fingerprint density at radius 3 is 2.72 bits per heavy atom. The summed E-state index contributed by atoms with van der Waals surface area (Å²) in [5.41, 5.74) is 0.936. The SMILES string of the molecule is C[C@@H](OC(=O)[C@H]1Cc2ccccc2C(=O)O1)C(=O)Nc1ccc([N+](=O)[O-])cc1Cl. The monoisotopic (exact) mass is 418 g/mol. The number of nitro groups is 1. The molecule has 29 heavy (non-hydrogen) atoms. The number of carbonyl (C=O) groups excluding carboxylic acids is 3. The third-order valence-corrected chi connectivity index (χ3v) is 4.55. The zero-order valence-corrected chi connectivity index (χ0v) is 15.8. The van der Waals surface area contributed by atoms with Crippen molar-refractivity contribution in [2.24, 2.45) is 0 Å². The molecule has 0 saturated carbocycles. The minimum Gasteiger partial charge on any atom is -0.450 e. The smallest absolute Gasteiger partial charge is 0.348 e. The standard InChI is InChI=1S/C19H15ClN2O7/c1-10(17(23)21-15-7-6-12(22(26)27)9-14(15)20)28-19(25)16-8-11-4-2-3-5-13(11)18(24)29-16/h2-7,9-10,16H,8H2,1H3,(H,21,23)/t10-,16-/m1/s1. The Hall–Kier alpha value is -3.46. The van der Waals surface area contributed by atoms with Gasteiger partial charge in [0.25, 0.3) is 11.6 Å². The van der Waals surface area contributed by atoms with Crippen LogP contribution in [0, 0.1) is 10.1 Å². The van der Waals surface area contributed by atoms with E-state index in [2.05, 4.69) is 5.32 Å². The highest BCUT2D eigenvalue weighted by molar-refractivity contribution is 6.34. The van der Waals surface area contributed by atoms with Crippen molar-refractivity contribution in [1.29, 1.82) is 0 Å². The number of esters is 2. The zero-order valence-electron chi connectivity index (χ0n) is 15.1. The van der Waals surface area contributed by atoms with Crippen molar-refractivity contribution >= 4 is 40.8 Å². The molecule has 1 aliphatic rings. The van der Waals surface area contributed by atoms with Gasteiger partial charge < -0.3 is 14.8 Å². The molecular formula is C19H15ClN2O7. The topological polar surface area (TPSA) is 125 Å². The lowest BCUT2D eigenvalue weighted by Gasteiger charge is -2.24. The molecule has 150 valence electrons. The van der Waals surface area contributed by atoms with Gasteiger partial charge >= 0.3 is 11.9 Å². The number of hydrogen-bond donors (Lipinski definition) is 1. The maximum atomic E-state index is 12.3. The third-order valence-electron chi connectivity index (χ3n) is 4.24. The Balaban J connectivity index is 1.62. The van der Waals surface area contributed by atoms with E-state index in [1.807, 2.05) is 0 Å². The molecule has 10 heteroatoms. The van der Waals surface area contributed by atoms with Crippen LogP contribution in [0.5, 0.6) is 0 Å². The molecule has 2 aromatic rings. The number of fused-ring (bicyclic) bond motifs is 1. The molecule has 0 fully saturated rings. The Morgan fingerprint density at radius 2 is 2.03 bits per heavy atom. The highest BCUT2D eigenvalue weighted by Crippen LogP contribution is 2.27. The number of amides is 1. The minimum absolute atomic E-state index is 0.0381. The predicted molar refractivity (Wildman–Crippen MR) is 102 cm³/mol. The molecule has 9 nitrogen and oxygen atoms in total. The van der Waals surface area contributed by atoms with Gasteiger partial charge in [-0.1, -0.05) is 29.8 Å². The number of carbonyl (C=O) groups is 3. The van der Waals surface area contributed by atoms with E-state index in [1.165, 1.54) is 19.1 Å². The van der Waals surface area contributed by atoms with E-state index in [4.69, 9.17) is 21.1 Å². The fourth-order valence-corrected chi connectivity index (χ4v) is 2.94. The van der Waals surface area contributed by atoms with Gasteiger partial charge in [-0.25, -0.2) is 9.59 Å². The van der Waals surface area contributed by atoms with Gasteiger partial charge in [0.05, 0.1) is 21.2 Å². The number of nitro benzene ring substituents is 1. The van der Waals surface area contributed by atoms with E-state index in [0.717, 1.165) is 6.07 Å². The second kappa shape index (κ2) is 8.27. The Kier molecular flexibility index (Phi) is 5.79. The Bertz CT molecular complexity index is 1010. The molecule has 1 heterocycles. The summed E-state index contributed by atoms with van der Waals surface area (Å²) in [5, 5.41) is 13.1. The zero-order chi connectivity index (χ0) is 21.1. The summed E-state index contributed by atoms with van der Waals surface area (Å²) in [4.78, 5) is 46.7. The van der Waals surface area contributed by atoms with Gasteiger partial charge in [0.1, 0.15) is 0 Å². The molecule has 0 aliphatic carbocycles. The van der Waals surface area contributed by atoms with E-state index in [0.29, 0.717) is 11.1 Å². The number of anilines is 1. The van der Waals surface area contributed by atoms with Crippen molar-refractivity contribution in [3.05, 3.63) is 68.7 Å². The molecule has 0 aromatic heterocycles. The van der Waals surface area contributed by atoms with Crippen LogP contribution in [0.4, 0.5) is 11.4 Å². The summed E-state index contributed by atoms with van der Waals surface area (Å²) in [7, 11) is 0. The number of nitrogens with one attached hydrogen (secondary N) is 1. The first-order chi connectivity index (χ1) is 13.8. The van der Waals surface area contributed by atoms with Crippen LogP contribution >= 0.6 is 11.6 Å². The number of rotatable bonds is 5. The van der Waals surface area contributed by atoms with E-state index in [1.54, 1.807) is 24.3 Å². The maximum Gasteiger partial charge on any atom is 0.348 e. The van der Waals surface area contributed by atoms with Gasteiger partial charge in [-0.3, -0.25) is 14.9 Å². The highest BCUT2D eigenvalue weighted by Gasteiger charge is 2.34. The van der Waals surface area contributed by atoms with Gasteiger partial charge in [0.15, 0.2) is 6.10 Å². The minimum atomic E-state index is -1.22. The summed E-state index contributed by atoms with van der Waals surface area (Å²) in [6.45, 7) is 1.34. The summed E-state index contributed by atoms with van der Waals surface area (Å²) in [6.07, 6.45) is -2.23. The fraction of sp³-hybridized carbons (Fsp3) is 0.211. The number of non-ortho nitro benzene ring substituents is 1. The molecule has 0 unspecified atom stereocenters. The molecule has 1 amide bonds. The number of cyclic esters (lactones) is 1. The van der Waals surface area contributed by atoms with Crippen LogP contribution < -0.4 is 5.32 Å². The molecular weight excluding hydrogens is 404 g/mol. The highest BCUT2D eigenvalue weighted by atomic mass is 35.5. The Labute approximate surface area is 169 Å². The largest absolute Gasteiger partial charge is 0.450 e. The third kappa shape index (κ3) is 4.52. The van der Waals surface area contributed by atoms with Crippen LogP contribution in [-0.4, -0.2) is 35.0 Å². The fourth-order valence-electron chi connectivity index (χ4n) is 2.72. The molecule has 1 N–H and O–H groups in total. The van der Waals surface area contributed by atoms with Crippen LogP contribution in [0.1, 0.15) is 22.8 Å². The summed E-state index contributed by atoms with van der Waals surface area (Å²) >= 11 is 5.93. The van der Waals surface area contributed by atoms with Crippen LogP contribution in [0.15, 0.2) is 42.5 Å². The van der Waals surface area contributed by atoms with Gasteiger partial charge in [0, 0.05) is 18.6 Å². The van der Waals surface area contributed by atoms with Gasteiger partial charge in [-0.15, -0.1) is 0 Å². The molecule has 1 aliphatic heterocycles. The summed E-state index contributed by atoms with van der Waals surface area (Å²) in [6, 6.07) is 10.3. The first-order valence-corrected chi connectivity index (χ1v) is 8.88. The molecule has 0 spiro atoms. The average Bonchev–Trinajstić information content (AvgIpc) is 2.69. The van der Waals surface area contributed by atoms with Gasteiger partial charge in [-0.2, -0.15) is 0 Å². The van der Waals surface area contributed by atoms with E-state index in [-0.39, 0.29) is 22.8 Å². The number of hydrogen-bond acceptors (Lipinski definition) is 7. The number of halogens is 1. The van der Waals surface area contributed by atoms with E-state index < -0.39 is 35.0 Å². The Morgan fingerprint density at radius 1 is 1.31 bits per heavy atom. The van der Waals surface area contributed by atoms with E-state index >= 15 is 0 Å². The van der Waals surface area contributed by atoms with Crippen molar-refractivity contribution in [2.45, 2.75) is 25.6 Å². The molecule has 0 saturated heterocycles. The average molecular weight is 419 g/mol. The van der Waals surface area contributed by atoms with Gasteiger partial charge in [0.2, 0.25) is 6.10 Å². The van der Waals surface area contributed by atoms with Crippen LogP contribution in [0.25, 0.3) is 0 Å². The van der Waals surface area contributed by atoms with Crippen LogP contribution in [0.2, 0.25) is 5.02 Å². The number of nitrogens with zero attached hydrogens (tertiary/aromatic N) is 1. The predicted octanol–water partition coefficient (Wildman–Crippen LogP) is 2.90. The molecule has 0 radical (unpaired) electrons.